The molecule has 0 heterocycles. The van der Waals surface area contributed by atoms with Gasteiger partial charge in [0.15, 0.2) is 12.2 Å². The van der Waals surface area contributed by atoms with Gasteiger partial charge in [-0.2, -0.15) is 0 Å². The number of carbonyl (C=O) groups excluding carboxylic acids is 2. The van der Waals surface area contributed by atoms with Crippen LogP contribution in [0.1, 0.15) is 37.2 Å². The van der Waals surface area contributed by atoms with E-state index in [1.165, 1.54) is 14.2 Å². The van der Waals surface area contributed by atoms with Gasteiger partial charge in [-0.3, -0.25) is 0 Å². The van der Waals surface area contributed by atoms with Crippen LogP contribution >= 0.6 is 0 Å². The Bertz CT molecular complexity index is 681. The normalized spacial score (nSPS) is 15.1. The highest BCUT2D eigenvalue weighted by Gasteiger charge is 2.29. The molecule has 2 aromatic carbocycles. The number of ether oxygens (including phenoxy) is 4. The quantitative estimate of drug-likeness (QED) is 0.613. The lowest BCUT2D eigenvalue weighted by Gasteiger charge is -2.25. The summed E-state index contributed by atoms with van der Waals surface area (Å²) in [6.45, 7) is 3.33. The zero-order chi connectivity index (χ0) is 20.5. The Morgan fingerprint density at radius 1 is 0.643 bits per heavy atom. The molecule has 0 aliphatic carbocycles. The highest BCUT2D eigenvalue weighted by molar-refractivity contribution is 5.77. The molecule has 0 radical (unpaired) electrons. The van der Waals surface area contributed by atoms with Crippen LogP contribution < -0.4 is 0 Å². The van der Waals surface area contributed by atoms with Crippen molar-refractivity contribution in [3.63, 3.8) is 0 Å². The summed E-state index contributed by atoms with van der Waals surface area (Å²) in [5, 5.41) is 0. The van der Waals surface area contributed by atoms with E-state index in [0.717, 1.165) is 0 Å². The predicted octanol–water partition coefficient (Wildman–Crippen LogP) is 3.63. The average Bonchev–Trinajstić information content (AvgIpc) is 2.70. The first-order chi connectivity index (χ1) is 13.5. The molecule has 0 unspecified atom stereocenters. The molecule has 0 amide bonds. The summed E-state index contributed by atoms with van der Waals surface area (Å²) < 4.78 is 21.5. The van der Waals surface area contributed by atoms with Crippen molar-refractivity contribution in [1.82, 2.24) is 0 Å². The van der Waals surface area contributed by atoms with Gasteiger partial charge in [0.25, 0.3) is 0 Å². The summed E-state index contributed by atoms with van der Waals surface area (Å²) in [6.07, 6.45) is -3.01. The standard InChI is InChI=1S/C22H26O6/c1-15(27-21(23)19(25-3)17-11-7-5-8-12-17)16(2)28-22(24)20(26-4)18-13-9-6-10-14-18/h5-16,19-20H,1-4H3/t15-,16-,19-,20-/m1/s1. The van der Waals surface area contributed by atoms with Crippen LogP contribution in [0.15, 0.2) is 60.7 Å². The highest BCUT2D eigenvalue weighted by Crippen LogP contribution is 2.22. The van der Waals surface area contributed by atoms with Crippen molar-refractivity contribution in [2.45, 2.75) is 38.3 Å². The zero-order valence-corrected chi connectivity index (χ0v) is 16.5. The van der Waals surface area contributed by atoms with E-state index in [-0.39, 0.29) is 0 Å². The highest BCUT2D eigenvalue weighted by atomic mass is 16.6. The largest absolute Gasteiger partial charge is 0.457 e. The van der Waals surface area contributed by atoms with Gasteiger partial charge < -0.3 is 18.9 Å². The minimum absolute atomic E-state index is 0.546. The van der Waals surface area contributed by atoms with Crippen LogP contribution in [0.25, 0.3) is 0 Å². The van der Waals surface area contributed by atoms with Crippen molar-refractivity contribution < 1.29 is 28.5 Å². The Hall–Kier alpha value is -2.70. The molecule has 0 aliphatic rings. The molecule has 0 saturated heterocycles. The number of rotatable bonds is 9. The number of hydrogen-bond donors (Lipinski definition) is 0. The number of hydrogen-bond acceptors (Lipinski definition) is 6. The van der Waals surface area contributed by atoms with Crippen molar-refractivity contribution in [1.29, 1.82) is 0 Å². The second-order valence-corrected chi connectivity index (χ2v) is 6.34. The lowest BCUT2D eigenvalue weighted by molar-refractivity contribution is -0.178. The Morgan fingerprint density at radius 3 is 1.25 bits per heavy atom. The maximum absolute atomic E-state index is 12.5. The summed E-state index contributed by atoms with van der Waals surface area (Å²) in [5.74, 6) is -1.09. The van der Waals surface area contributed by atoms with Crippen molar-refractivity contribution in [2.24, 2.45) is 0 Å². The first-order valence-corrected chi connectivity index (χ1v) is 9.04. The fraction of sp³-hybridized carbons (Fsp3) is 0.364. The molecule has 6 nitrogen and oxygen atoms in total. The van der Waals surface area contributed by atoms with Crippen molar-refractivity contribution in [2.75, 3.05) is 14.2 Å². The van der Waals surface area contributed by atoms with Crippen molar-refractivity contribution >= 4 is 11.9 Å². The molecule has 150 valence electrons. The SMILES string of the molecule is CO[C@@H](C(=O)O[C@H](C)[C@@H](C)OC(=O)[C@H](OC)c1ccccc1)c1ccccc1. The van der Waals surface area contributed by atoms with Gasteiger partial charge in [-0.05, 0) is 25.0 Å². The molecule has 2 rings (SSSR count). The fourth-order valence-electron chi connectivity index (χ4n) is 2.67. The molecule has 0 aromatic heterocycles. The maximum Gasteiger partial charge on any atom is 0.340 e. The van der Waals surface area contributed by atoms with Crippen molar-refractivity contribution in [3.05, 3.63) is 71.8 Å². The summed E-state index contributed by atoms with van der Waals surface area (Å²) in [4.78, 5) is 24.9. The summed E-state index contributed by atoms with van der Waals surface area (Å²) in [5.41, 5.74) is 1.38. The summed E-state index contributed by atoms with van der Waals surface area (Å²) in [6, 6.07) is 18.1. The van der Waals surface area contributed by atoms with Crippen LogP contribution in [-0.2, 0) is 28.5 Å². The maximum atomic E-state index is 12.5. The summed E-state index contributed by atoms with van der Waals surface area (Å²) >= 11 is 0. The third kappa shape index (κ3) is 5.65. The van der Waals surface area contributed by atoms with Crippen molar-refractivity contribution in [3.8, 4) is 0 Å². The van der Waals surface area contributed by atoms with E-state index in [1.807, 2.05) is 36.4 Å². The fourth-order valence-corrected chi connectivity index (χ4v) is 2.67. The van der Waals surface area contributed by atoms with Crippen LogP contribution in [0.4, 0.5) is 0 Å². The van der Waals surface area contributed by atoms with Crippen LogP contribution in [0.5, 0.6) is 0 Å². The molecule has 0 N–H and O–H groups in total. The van der Waals surface area contributed by atoms with Crippen LogP contribution in [-0.4, -0.2) is 38.4 Å². The van der Waals surface area contributed by atoms with E-state index >= 15 is 0 Å². The molecule has 0 aliphatic heterocycles. The molecule has 2 aromatic rings. The van der Waals surface area contributed by atoms with E-state index < -0.39 is 36.4 Å². The predicted molar refractivity (Wildman–Crippen MR) is 103 cm³/mol. The minimum Gasteiger partial charge on any atom is -0.457 e. The molecule has 28 heavy (non-hydrogen) atoms. The third-order valence-electron chi connectivity index (χ3n) is 4.37. The van der Waals surface area contributed by atoms with E-state index in [4.69, 9.17) is 18.9 Å². The Labute approximate surface area is 165 Å². The first kappa shape index (κ1) is 21.6. The molecule has 6 heteroatoms. The van der Waals surface area contributed by atoms with Gasteiger partial charge in [0.05, 0.1) is 0 Å². The Balaban J connectivity index is 1.97. The lowest BCUT2D eigenvalue weighted by atomic mass is 10.1. The molecular weight excluding hydrogens is 360 g/mol. The Morgan fingerprint density at radius 2 is 0.964 bits per heavy atom. The van der Waals surface area contributed by atoms with E-state index in [0.29, 0.717) is 11.1 Å². The molecule has 0 fully saturated rings. The van der Waals surface area contributed by atoms with Crippen LogP contribution in [0.3, 0.4) is 0 Å². The molecular formula is C22H26O6. The second kappa shape index (κ2) is 10.6. The van der Waals surface area contributed by atoms with E-state index in [9.17, 15) is 9.59 Å². The second-order valence-electron chi connectivity index (χ2n) is 6.34. The number of methoxy groups -OCH3 is 2. The minimum atomic E-state index is -0.845. The van der Waals surface area contributed by atoms with E-state index in [2.05, 4.69) is 0 Å². The Kier molecular flexibility index (Phi) is 8.17. The monoisotopic (exact) mass is 386 g/mol. The topological polar surface area (TPSA) is 71.1 Å². The van der Waals surface area contributed by atoms with Crippen LogP contribution in [0, 0.1) is 0 Å². The van der Waals surface area contributed by atoms with Gasteiger partial charge in [-0.15, -0.1) is 0 Å². The number of esters is 2. The molecule has 0 saturated carbocycles. The van der Waals surface area contributed by atoms with Gasteiger partial charge in [0.1, 0.15) is 12.2 Å². The van der Waals surface area contributed by atoms with Gasteiger partial charge in [0, 0.05) is 14.2 Å². The average molecular weight is 386 g/mol. The first-order valence-electron chi connectivity index (χ1n) is 9.04. The summed E-state index contributed by atoms with van der Waals surface area (Å²) in [7, 11) is 2.88. The van der Waals surface area contributed by atoms with Gasteiger partial charge >= 0.3 is 11.9 Å². The molecule has 0 bridgehead atoms. The van der Waals surface area contributed by atoms with Crippen LogP contribution in [0.2, 0.25) is 0 Å². The van der Waals surface area contributed by atoms with Gasteiger partial charge in [-0.1, -0.05) is 60.7 Å². The molecule has 4 atom stereocenters. The molecule has 0 spiro atoms. The van der Waals surface area contributed by atoms with Gasteiger partial charge in [-0.25, -0.2) is 9.59 Å². The third-order valence-corrected chi connectivity index (χ3v) is 4.37. The zero-order valence-electron chi connectivity index (χ0n) is 16.5. The number of benzene rings is 2. The van der Waals surface area contributed by atoms with Gasteiger partial charge in [0.2, 0.25) is 0 Å². The van der Waals surface area contributed by atoms with E-state index in [1.54, 1.807) is 38.1 Å². The smallest absolute Gasteiger partial charge is 0.340 e. The number of carbonyl (C=O) groups is 2. The lowest BCUT2D eigenvalue weighted by Crippen LogP contribution is -2.34.